The van der Waals surface area contributed by atoms with E-state index < -0.39 is 0 Å². The average Bonchev–Trinajstić information content (AvgIpc) is 3.26. The molecule has 0 N–H and O–H groups in total. The molecule has 3 aromatic rings. The number of carbonyl (C=O) groups excluding carboxylic acids is 1. The van der Waals surface area contributed by atoms with Gasteiger partial charge in [-0.3, -0.25) is 9.69 Å². The van der Waals surface area contributed by atoms with Crippen LogP contribution in [0.5, 0.6) is 0 Å². The third-order valence-corrected chi connectivity index (χ3v) is 5.28. The van der Waals surface area contributed by atoms with Crippen LogP contribution < -0.4 is 0 Å². The molecule has 0 radical (unpaired) electrons. The molecule has 8 nitrogen and oxygen atoms in total. The number of aromatic nitrogens is 4. The molecule has 4 rings (SSSR count). The monoisotopic (exact) mass is 414 g/mol. The summed E-state index contributed by atoms with van der Waals surface area (Å²) in [5, 5.41) is 8.71. The number of hydrogen-bond donors (Lipinski definition) is 0. The van der Waals surface area contributed by atoms with E-state index in [9.17, 15) is 4.79 Å². The van der Waals surface area contributed by atoms with Gasteiger partial charge in [-0.05, 0) is 39.0 Å². The second-order valence-electron chi connectivity index (χ2n) is 7.34. The number of rotatable bonds is 4. The summed E-state index contributed by atoms with van der Waals surface area (Å²) >= 11 is 6.31. The minimum absolute atomic E-state index is 0.159. The van der Waals surface area contributed by atoms with E-state index in [0.29, 0.717) is 30.5 Å². The summed E-state index contributed by atoms with van der Waals surface area (Å²) in [4.78, 5) is 21.6. The maximum absolute atomic E-state index is 13.1. The lowest BCUT2D eigenvalue weighted by Crippen LogP contribution is -2.48. The van der Waals surface area contributed by atoms with Gasteiger partial charge in [0, 0.05) is 37.9 Å². The van der Waals surface area contributed by atoms with E-state index in [1.54, 1.807) is 21.7 Å². The molecule has 0 bridgehead atoms. The van der Waals surface area contributed by atoms with Crippen LogP contribution in [-0.2, 0) is 6.54 Å². The topological polar surface area (TPSA) is 80.3 Å². The number of piperazine rings is 1. The van der Waals surface area contributed by atoms with Crippen molar-refractivity contribution < 1.29 is 9.32 Å². The Morgan fingerprint density at radius 1 is 1.10 bits per heavy atom. The number of pyridine rings is 1. The average molecular weight is 415 g/mol. The zero-order valence-corrected chi connectivity index (χ0v) is 17.5. The first-order chi connectivity index (χ1) is 13.9. The van der Waals surface area contributed by atoms with Crippen molar-refractivity contribution in [3.05, 3.63) is 57.8 Å². The largest absolute Gasteiger partial charge is 0.360 e. The molecule has 1 aliphatic rings. The van der Waals surface area contributed by atoms with E-state index in [0.717, 1.165) is 35.9 Å². The molecule has 0 saturated carbocycles. The maximum Gasteiger partial charge on any atom is 0.274 e. The minimum atomic E-state index is -0.159. The van der Waals surface area contributed by atoms with Gasteiger partial charge in [-0.15, -0.1) is 0 Å². The Morgan fingerprint density at radius 2 is 1.86 bits per heavy atom. The van der Waals surface area contributed by atoms with E-state index in [4.69, 9.17) is 16.1 Å². The van der Waals surface area contributed by atoms with E-state index in [1.165, 1.54) is 0 Å². The van der Waals surface area contributed by atoms with Crippen molar-refractivity contribution in [3.8, 4) is 5.82 Å². The first kappa shape index (κ1) is 19.6. The summed E-state index contributed by atoms with van der Waals surface area (Å²) in [6.07, 6.45) is 0. The van der Waals surface area contributed by atoms with Gasteiger partial charge in [0.2, 0.25) is 0 Å². The molecule has 0 aliphatic carbocycles. The van der Waals surface area contributed by atoms with Crippen molar-refractivity contribution in [1.29, 1.82) is 0 Å². The van der Waals surface area contributed by atoms with Gasteiger partial charge in [0.05, 0.1) is 23.0 Å². The number of hydrogen-bond acceptors (Lipinski definition) is 6. The molecule has 0 atom stereocenters. The number of halogens is 1. The van der Waals surface area contributed by atoms with Crippen LogP contribution in [0.2, 0.25) is 5.02 Å². The van der Waals surface area contributed by atoms with Gasteiger partial charge >= 0.3 is 0 Å². The highest BCUT2D eigenvalue weighted by molar-refractivity contribution is 6.33. The number of aryl methyl sites for hydroxylation is 3. The second-order valence-corrected chi connectivity index (χ2v) is 7.75. The number of nitrogens with zero attached hydrogens (tertiary/aromatic N) is 6. The molecule has 1 saturated heterocycles. The highest BCUT2D eigenvalue weighted by atomic mass is 35.5. The van der Waals surface area contributed by atoms with Gasteiger partial charge in [-0.25, -0.2) is 9.67 Å². The highest BCUT2D eigenvalue weighted by Gasteiger charge is 2.26. The molecule has 3 aromatic heterocycles. The Hall–Kier alpha value is -2.71. The van der Waals surface area contributed by atoms with Crippen molar-refractivity contribution in [1.82, 2.24) is 29.7 Å². The van der Waals surface area contributed by atoms with Crippen LogP contribution in [0.15, 0.2) is 28.8 Å². The molecular formula is C20H23ClN6O2. The van der Waals surface area contributed by atoms with Crippen molar-refractivity contribution in [3.63, 3.8) is 0 Å². The van der Waals surface area contributed by atoms with Crippen LogP contribution in [0.4, 0.5) is 0 Å². The van der Waals surface area contributed by atoms with E-state index in [2.05, 4.69) is 20.1 Å². The fraction of sp³-hybridized carbons (Fsp3) is 0.400. The fourth-order valence-corrected chi connectivity index (χ4v) is 3.72. The van der Waals surface area contributed by atoms with Crippen LogP contribution in [0.3, 0.4) is 0 Å². The number of amides is 1. The second kappa shape index (κ2) is 7.96. The van der Waals surface area contributed by atoms with Gasteiger partial charge in [-0.1, -0.05) is 16.8 Å². The van der Waals surface area contributed by atoms with Crippen LogP contribution in [-0.4, -0.2) is 61.8 Å². The highest BCUT2D eigenvalue weighted by Crippen LogP contribution is 2.20. The lowest BCUT2D eigenvalue weighted by Gasteiger charge is -2.34. The summed E-state index contributed by atoms with van der Waals surface area (Å²) in [5.41, 5.74) is 2.98. The molecular weight excluding hydrogens is 392 g/mol. The van der Waals surface area contributed by atoms with Crippen molar-refractivity contribution in [2.45, 2.75) is 27.3 Å². The zero-order chi connectivity index (χ0) is 20.5. The maximum atomic E-state index is 13.1. The summed E-state index contributed by atoms with van der Waals surface area (Å²) in [5.74, 6) is 1.26. The Kier molecular flexibility index (Phi) is 5.38. The van der Waals surface area contributed by atoms with Crippen LogP contribution in [0.1, 0.15) is 33.3 Å². The fourth-order valence-electron chi connectivity index (χ4n) is 3.53. The summed E-state index contributed by atoms with van der Waals surface area (Å²) < 4.78 is 7.01. The molecule has 0 aromatic carbocycles. The quantitative estimate of drug-likeness (QED) is 0.653. The van der Waals surface area contributed by atoms with Crippen LogP contribution in [0.25, 0.3) is 5.82 Å². The van der Waals surface area contributed by atoms with Crippen LogP contribution >= 0.6 is 11.6 Å². The Bertz CT molecular complexity index is 1040. The van der Waals surface area contributed by atoms with Gasteiger partial charge in [0.1, 0.15) is 5.69 Å². The van der Waals surface area contributed by atoms with Crippen molar-refractivity contribution >= 4 is 17.5 Å². The van der Waals surface area contributed by atoms with Gasteiger partial charge in [-0.2, -0.15) is 5.10 Å². The molecule has 1 amide bonds. The molecule has 4 heterocycles. The third-order valence-electron chi connectivity index (χ3n) is 4.98. The summed E-state index contributed by atoms with van der Waals surface area (Å²) in [6, 6.07) is 7.38. The molecule has 152 valence electrons. The van der Waals surface area contributed by atoms with E-state index in [1.807, 2.05) is 32.9 Å². The lowest BCUT2D eigenvalue weighted by molar-refractivity contribution is 0.0612. The normalized spacial score (nSPS) is 15.1. The zero-order valence-electron chi connectivity index (χ0n) is 16.7. The molecule has 1 fully saturated rings. The summed E-state index contributed by atoms with van der Waals surface area (Å²) in [7, 11) is 0. The minimum Gasteiger partial charge on any atom is -0.360 e. The Balaban J connectivity index is 1.46. The Morgan fingerprint density at radius 3 is 2.48 bits per heavy atom. The van der Waals surface area contributed by atoms with Crippen molar-refractivity contribution in [2.24, 2.45) is 0 Å². The van der Waals surface area contributed by atoms with Gasteiger partial charge < -0.3 is 9.42 Å². The van der Waals surface area contributed by atoms with E-state index >= 15 is 0 Å². The molecule has 1 aliphatic heterocycles. The molecule has 29 heavy (non-hydrogen) atoms. The molecule has 9 heteroatoms. The first-order valence-electron chi connectivity index (χ1n) is 9.55. The first-order valence-corrected chi connectivity index (χ1v) is 9.92. The standard InChI is InChI=1S/C20H23ClN6O2/c1-13-10-15(3)27(23-13)18-5-4-17(21)19(22-18)20(28)26-8-6-25(7-9-26)12-16-11-14(2)24-29-16/h4-5,10-11H,6-9,12H2,1-3H3. The predicted octanol–water partition coefficient (Wildman–Crippen LogP) is 2.79. The van der Waals surface area contributed by atoms with E-state index in [-0.39, 0.29) is 11.6 Å². The number of carbonyl (C=O) groups is 1. The predicted molar refractivity (Wildman–Crippen MR) is 108 cm³/mol. The summed E-state index contributed by atoms with van der Waals surface area (Å²) in [6.45, 7) is 9.18. The van der Waals surface area contributed by atoms with Crippen LogP contribution in [0, 0.1) is 20.8 Å². The lowest BCUT2D eigenvalue weighted by atomic mass is 10.2. The smallest absolute Gasteiger partial charge is 0.274 e. The molecule has 0 spiro atoms. The van der Waals surface area contributed by atoms with Gasteiger partial charge in [0.15, 0.2) is 11.6 Å². The van der Waals surface area contributed by atoms with Gasteiger partial charge in [0.25, 0.3) is 5.91 Å². The SMILES string of the molecule is Cc1cc(CN2CCN(C(=O)c3nc(-n4nc(C)cc4C)ccc3Cl)CC2)on1. The molecule has 0 unspecified atom stereocenters. The Labute approximate surface area is 174 Å². The third kappa shape index (κ3) is 4.18. The van der Waals surface area contributed by atoms with Crippen molar-refractivity contribution in [2.75, 3.05) is 26.2 Å².